The summed E-state index contributed by atoms with van der Waals surface area (Å²) in [5, 5.41) is 16.5. The zero-order valence-electron chi connectivity index (χ0n) is 12.7. The van der Waals surface area contributed by atoms with Crippen LogP contribution in [0.4, 0.5) is 11.6 Å². The van der Waals surface area contributed by atoms with E-state index in [1.54, 1.807) is 6.33 Å². The molecule has 1 aromatic rings. The molecule has 112 valence electrons. The van der Waals surface area contributed by atoms with E-state index in [9.17, 15) is 5.11 Å². The van der Waals surface area contributed by atoms with Crippen molar-refractivity contribution in [3.8, 4) is 0 Å². The Morgan fingerprint density at radius 3 is 2.40 bits per heavy atom. The van der Waals surface area contributed by atoms with Gasteiger partial charge in [0.25, 0.3) is 0 Å². The van der Waals surface area contributed by atoms with Crippen LogP contribution in [0.25, 0.3) is 0 Å². The highest BCUT2D eigenvalue weighted by atomic mass is 16.3. The minimum Gasteiger partial charge on any atom is -0.394 e. The van der Waals surface area contributed by atoms with E-state index in [-0.39, 0.29) is 12.1 Å². The van der Waals surface area contributed by atoms with Gasteiger partial charge >= 0.3 is 0 Å². The van der Waals surface area contributed by atoms with Crippen LogP contribution in [0.15, 0.2) is 6.33 Å². The molecule has 0 radical (unpaired) electrons. The number of aliphatic hydroxyl groups excluding tert-OH is 1. The van der Waals surface area contributed by atoms with Gasteiger partial charge in [0.05, 0.1) is 12.1 Å². The van der Waals surface area contributed by atoms with Crippen LogP contribution in [-0.4, -0.2) is 34.3 Å². The third-order valence-electron chi connectivity index (χ3n) is 4.19. The Morgan fingerprint density at radius 2 is 1.85 bits per heavy atom. The van der Waals surface area contributed by atoms with Crippen LogP contribution >= 0.6 is 0 Å². The highest BCUT2D eigenvalue weighted by molar-refractivity contribution is 5.59. The van der Waals surface area contributed by atoms with Crippen molar-refractivity contribution in [3.05, 3.63) is 11.9 Å². The molecule has 1 aromatic heterocycles. The largest absolute Gasteiger partial charge is 0.394 e. The number of hydrogen-bond acceptors (Lipinski definition) is 5. The molecule has 1 saturated carbocycles. The molecule has 0 bridgehead atoms. The van der Waals surface area contributed by atoms with Crippen LogP contribution < -0.4 is 10.6 Å². The molecule has 5 heteroatoms. The fourth-order valence-electron chi connectivity index (χ4n) is 3.04. The van der Waals surface area contributed by atoms with E-state index in [0.717, 1.165) is 42.9 Å². The van der Waals surface area contributed by atoms with E-state index in [1.807, 2.05) is 7.05 Å². The highest BCUT2D eigenvalue weighted by Gasteiger charge is 2.32. The number of nitrogens with one attached hydrogen (secondary N) is 2. The molecule has 20 heavy (non-hydrogen) atoms. The maximum atomic E-state index is 9.84. The first-order chi connectivity index (χ1) is 9.62. The summed E-state index contributed by atoms with van der Waals surface area (Å²) in [5.74, 6) is 2.04. The predicted molar refractivity (Wildman–Crippen MR) is 82.2 cm³/mol. The second-order valence-electron chi connectivity index (χ2n) is 6.01. The number of anilines is 2. The minimum atomic E-state index is -0.221. The summed E-state index contributed by atoms with van der Waals surface area (Å²) in [5.41, 5.74) is 0.870. The molecule has 0 unspecified atom stereocenters. The lowest BCUT2D eigenvalue weighted by Gasteiger charge is -2.37. The number of aliphatic hydroxyl groups is 1. The third kappa shape index (κ3) is 3.03. The lowest BCUT2D eigenvalue weighted by atomic mass is 9.82. The van der Waals surface area contributed by atoms with Gasteiger partial charge in [0.2, 0.25) is 0 Å². The lowest BCUT2D eigenvalue weighted by Crippen LogP contribution is -2.44. The van der Waals surface area contributed by atoms with Gasteiger partial charge in [0.1, 0.15) is 18.0 Å². The third-order valence-corrected chi connectivity index (χ3v) is 4.19. The van der Waals surface area contributed by atoms with Crippen molar-refractivity contribution in [1.82, 2.24) is 9.97 Å². The maximum Gasteiger partial charge on any atom is 0.135 e. The summed E-state index contributed by atoms with van der Waals surface area (Å²) in [6.45, 7) is 4.43. The van der Waals surface area contributed by atoms with Gasteiger partial charge in [0, 0.05) is 12.6 Å². The van der Waals surface area contributed by atoms with Crippen LogP contribution in [0.2, 0.25) is 0 Å². The Bertz CT molecular complexity index is 441. The number of hydrogen-bond donors (Lipinski definition) is 3. The molecular formula is C15H26N4O. The summed E-state index contributed by atoms with van der Waals surface area (Å²) in [4.78, 5) is 8.72. The molecule has 1 aliphatic rings. The first-order valence-electron chi connectivity index (χ1n) is 7.53. The average Bonchev–Trinajstić information content (AvgIpc) is 2.47. The summed E-state index contributed by atoms with van der Waals surface area (Å²) in [6.07, 6.45) is 7.16. The monoisotopic (exact) mass is 278 g/mol. The fourth-order valence-corrected chi connectivity index (χ4v) is 3.04. The standard InChI is InChI=1S/C15H26N4O/c1-11(2)12-13(16-3)17-10-18-14(12)19-15(9-20)7-5-4-6-8-15/h10-11,20H,4-9H2,1-3H3,(H2,16,17,18,19). The Labute approximate surface area is 121 Å². The Morgan fingerprint density at radius 1 is 1.20 bits per heavy atom. The molecule has 2 rings (SSSR count). The molecule has 0 saturated heterocycles. The van der Waals surface area contributed by atoms with Crippen molar-refractivity contribution in [3.63, 3.8) is 0 Å². The number of nitrogens with zero attached hydrogens (tertiary/aromatic N) is 2. The van der Waals surface area contributed by atoms with Gasteiger partial charge in [-0.25, -0.2) is 9.97 Å². The minimum absolute atomic E-state index is 0.156. The number of rotatable bonds is 5. The van der Waals surface area contributed by atoms with E-state index in [2.05, 4.69) is 34.4 Å². The normalized spacial score (nSPS) is 18.1. The molecule has 0 spiro atoms. The van der Waals surface area contributed by atoms with E-state index in [0.29, 0.717) is 5.92 Å². The van der Waals surface area contributed by atoms with Crippen LogP contribution in [0.1, 0.15) is 57.4 Å². The van der Waals surface area contributed by atoms with E-state index < -0.39 is 0 Å². The quantitative estimate of drug-likeness (QED) is 0.772. The van der Waals surface area contributed by atoms with E-state index in [4.69, 9.17) is 0 Å². The molecule has 5 nitrogen and oxygen atoms in total. The van der Waals surface area contributed by atoms with Gasteiger partial charge in [-0.05, 0) is 18.8 Å². The summed E-state index contributed by atoms with van der Waals surface area (Å²) in [7, 11) is 1.88. The van der Waals surface area contributed by atoms with Crippen LogP contribution in [0.5, 0.6) is 0 Å². The van der Waals surface area contributed by atoms with Crippen LogP contribution in [-0.2, 0) is 0 Å². The van der Waals surface area contributed by atoms with Crippen molar-refractivity contribution in [1.29, 1.82) is 0 Å². The lowest BCUT2D eigenvalue weighted by molar-refractivity contribution is 0.172. The Hall–Kier alpha value is -1.36. The SMILES string of the molecule is CNc1ncnc(NC2(CO)CCCCC2)c1C(C)C. The molecule has 1 aliphatic carbocycles. The molecule has 0 aromatic carbocycles. The van der Waals surface area contributed by atoms with Crippen molar-refractivity contribution >= 4 is 11.6 Å². The second-order valence-corrected chi connectivity index (χ2v) is 6.01. The fraction of sp³-hybridized carbons (Fsp3) is 0.733. The molecule has 1 fully saturated rings. The molecule has 0 atom stereocenters. The molecule has 0 aliphatic heterocycles. The maximum absolute atomic E-state index is 9.84. The van der Waals surface area contributed by atoms with E-state index >= 15 is 0 Å². The first-order valence-corrected chi connectivity index (χ1v) is 7.53. The summed E-state index contributed by atoms with van der Waals surface area (Å²) < 4.78 is 0. The summed E-state index contributed by atoms with van der Waals surface area (Å²) >= 11 is 0. The van der Waals surface area contributed by atoms with Gasteiger partial charge in [-0.2, -0.15) is 0 Å². The average molecular weight is 278 g/mol. The molecule has 0 amide bonds. The Balaban J connectivity index is 2.32. The predicted octanol–water partition coefficient (Wildman–Crippen LogP) is 2.75. The van der Waals surface area contributed by atoms with Gasteiger partial charge in [0.15, 0.2) is 0 Å². The summed E-state index contributed by atoms with van der Waals surface area (Å²) in [6, 6.07) is 0. The zero-order valence-corrected chi connectivity index (χ0v) is 12.7. The smallest absolute Gasteiger partial charge is 0.135 e. The first kappa shape index (κ1) is 15.0. The molecule has 3 N–H and O–H groups in total. The zero-order chi connectivity index (χ0) is 14.6. The van der Waals surface area contributed by atoms with Gasteiger partial charge in [-0.3, -0.25) is 0 Å². The van der Waals surface area contributed by atoms with Gasteiger partial charge in [-0.1, -0.05) is 33.1 Å². The van der Waals surface area contributed by atoms with Crippen LogP contribution in [0.3, 0.4) is 0 Å². The Kier molecular flexibility index (Phi) is 4.81. The topological polar surface area (TPSA) is 70.1 Å². The van der Waals surface area contributed by atoms with Gasteiger partial charge < -0.3 is 15.7 Å². The molecule has 1 heterocycles. The van der Waals surface area contributed by atoms with E-state index in [1.165, 1.54) is 6.42 Å². The highest BCUT2D eigenvalue weighted by Crippen LogP contribution is 2.35. The number of aromatic nitrogens is 2. The molecular weight excluding hydrogens is 252 g/mol. The van der Waals surface area contributed by atoms with Crippen molar-refractivity contribution < 1.29 is 5.11 Å². The second kappa shape index (κ2) is 6.39. The van der Waals surface area contributed by atoms with Gasteiger partial charge in [-0.15, -0.1) is 0 Å². The van der Waals surface area contributed by atoms with Crippen molar-refractivity contribution in [2.24, 2.45) is 0 Å². The van der Waals surface area contributed by atoms with Crippen molar-refractivity contribution in [2.45, 2.75) is 57.4 Å². The van der Waals surface area contributed by atoms with Crippen molar-refractivity contribution in [2.75, 3.05) is 24.3 Å². The van der Waals surface area contributed by atoms with Crippen LogP contribution in [0, 0.1) is 0 Å².